The highest BCUT2D eigenvalue weighted by Gasteiger charge is 1.99. The van der Waals surface area contributed by atoms with Crippen molar-refractivity contribution < 1.29 is 4.74 Å². The largest absolute Gasteiger partial charge is 0.496 e. The van der Waals surface area contributed by atoms with Gasteiger partial charge in [0.1, 0.15) is 5.75 Å². The van der Waals surface area contributed by atoms with Crippen LogP contribution in [0.25, 0.3) is 12.2 Å². The molecule has 98 valence electrons. The Morgan fingerprint density at radius 2 is 1.63 bits per heavy atom. The van der Waals surface area contributed by atoms with Gasteiger partial charge >= 0.3 is 0 Å². The molecular weight excluding hydrogens is 300 g/mol. The molecule has 2 rings (SSSR count). The molecule has 0 N–H and O–H groups in total. The van der Waals surface area contributed by atoms with Gasteiger partial charge in [-0.2, -0.15) is 0 Å². The van der Waals surface area contributed by atoms with E-state index in [0.29, 0.717) is 0 Å². The summed E-state index contributed by atoms with van der Waals surface area (Å²) in [7, 11) is 1.67. The molecule has 0 saturated carbocycles. The summed E-state index contributed by atoms with van der Waals surface area (Å²) < 4.78 is 6.19. The number of hydrogen-bond donors (Lipinski definition) is 0. The summed E-state index contributed by atoms with van der Waals surface area (Å²) in [5.41, 5.74) is 3.72. The van der Waals surface area contributed by atoms with Crippen LogP contribution < -0.4 is 4.74 Å². The van der Waals surface area contributed by atoms with Crippen LogP contribution >= 0.6 is 15.9 Å². The van der Waals surface area contributed by atoms with Gasteiger partial charge in [-0.05, 0) is 51.2 Å². The third-order valence-corrected chi connectivity index (χ3v) is 3.65. The maximum atomic E-state index is 5.22. The first kappa shape index (κ1) is 13.9. The molecule has 0 spiro atoms. The molecule has 0 heterocycles. The summed E-state index contributed by atoms with van der Waals surface area (Å²) in [6.45, 7) is 2.17. The van der Waals surface area contributed by atoms with Crippen molar-refractivity contribution in [3.63, 3.8) is 0 Å². The van der Waals surface area contributed by atoms with Crippen LogP contribution in [-0.4, -0.2) is 7.11 Å². The van der Waals surface area contributed by atoms with Crippen LogP contribution in [0.4, 0.5) is 0 Å². The highest BCUT2D eigenvalue weighted by atomic mass is 79.9. The molecule has 0 unspecified atom stereocenters. The lowest BCUT2D eigenvalue weighted by atomic mass is 10.1. The van der Waals surface area contributed by atoms with E-state index in [9.17, 15) is 0 Å². The molecule has 0 amide bonds. The standard InChI is InChI=1S/C17H17BrO/c1-3-13-4-6-14(7-5-13)8-9-15-10-11-17(19-2)16(18)12-15/h4-12H,3H2,1-2H3/b9-8+. The van der Waals surface area contributed by atoms with Crippen molar-refractivity contribution >= 4 is 28.1 Å². The number of ether oxygens (including phenoxy) is 1. The minimum atomic E-state index is 0.851. The summed E-state index contributed by atoms with van der Waals surface area (Å²) >= 11 is 3.49. The molecule has 0 aromatic heterocycles. The molecule has 19 heavy (non-hydrogen) atoms. The van der Waals surface area contributed by atoms with Crippen LogP contribution in [0, 0.1) is 0 Å². The van der Waals surface area contributed by atoms with Gasteiger partial charge in [0.25, 0.3) is 0 Å². The zero-order valence-electron chi connectivity index (χ0n) is 11.2. The second kappa shape index (κ2) is 6.58. The number of hydrogen-bond acceptors (Lipinski definition) is 1. The molecule has 2 aromatic rings. The lowest BCUT2D eigenvalue weighted by Crippen LogP contribution is -1.84. The van der Waals surface area contributed by atoms with Gasteiger partial charge < -0.3 is 4.74 Å². The zero-order chi connectivity index (χ0) is 13.7. The van der Waals surface area contributed by atoms with E-state index in [0.717, 1.165) is 22.2 Å². The van der Waals surface area contributed by atoms with Gasteiger partial charge in [0, 0.05) is 0 Å². The van der Waals surface area contributed by atoms with Crippen molar-refractivity contribution in [2.24, 2.45) is 0 Å². The Hall–Kier alpha value is -1.54. The summed E-state index contributed by atoms with van der Waals surface area (Å²) in [5, 5.41) is 0. The van der Waals surface area contributed by atoms with Crippen molar-refractivity contribution in [2.75, 3.05) is 7.11 Å². The topological polar surface area (TPSA) is 9.23 Å². The molecule has 0 radical (unpaired) electrons. The monoisotopic (exact) mass is 316 g/mol. The highest BCUT2D eigenvalue weighted by molar-refractivity contribution is 9.10. The fourth-order valence-corrected chi connectivity index (χ4v) is 2.40. The molecule has 0 fully saturated rings. The van der Waals surface area contributed by atoms with E-state index < -0.39 is 0 Å². The van der Waals surface area contributed by atoms with Crippen molar-refractivity contribution in [1.82, 2.24) is 0 Å². The van der Waals surface area contributed by atoms with Gasteiger partial charge in [0.2, 0.25) is 0 Å². The van der Waals surface area contributed by atoms with E-state index >= 15 is 0 Å². The van der Waals surface area contributed by atoms with Crippen molar-refractivity contribution in [1.29, 1.82) is 0 Å². The average Bonchev–Trinajstić information content (AvgIpc) is 2.46. The smallest absolute Gasteiger partial charge is 0.133 e. The predicted molar refractivity (Wildman–Crippen MR) is 85.4 cm³/mol. The molecule has 2 aromatic carbocycles. The van der Waals surface area contributed by atoms with Gasteiger partial charge in [-0.1, -0.05) is 49.4 Å². The summed E-state index contributed by atoms with van der Waals surface area (Å²) in [6.07, 6.45) is 5.30. The molecule has 1 nitrogen and oxygen atoms in total. The fraction of sp³-hybridized carbons (Fsp3) is 0.176. The number of halogens is 1. The highest BCUT2D eigenvalue weighted by Crippen LogP contribution is 2.26. The van der Waals surface area contributed by atoms with Gasteiger partial charge in [-0.15, -0.1) is 0 Å². The van der Waals surface area contributed by atoms with E-state index in [4.69, 9.17) is 4.74 Å². The summed E-state index contributed by atoms with van der Waals surface area (Å²) in [5.74, 6) is 0.851. The SMILES string of the molecule is CCc1ccc(/C=C/c2ccc(OC)c(Br)c2)cc1. The van der Waals surface area contributed by atoms with Gasteiger partial charge in [0.05, 0.1) is 11.6 Å². The maximum Gasteiger partial charge on any atom is 0.133 e. The van der Waals surface area contributed by atoms with E-state index in [1.807, 2.05) is 12.1 Å². The first-order valence-electron chi connectivity index (χ1n) is 6.33. The number of aryl methyl sites for hydroxylation is 1. The van der Waals surface area contributed by atoms with E-state index in [1.165, 1.54) is 11.1 Å². The molecule has 0 aliphatic heterocycles. The number of benzene rings is 2. The first-order valence-corrected chi connectivity index (χ1v) is 7.13. The normalized spacial score (nSPS) is 10.9. The van der Waals surface area contributed by atoms with Crippen LogP contribution in [0.2, 0.25) is 0 Å². The summed E-state index contributed by atoms with van der Waals surface area (Å²) in [6, 6.07) is 14.7. The van der Waals surface area contributed by atoms with Crippen LogP contribution in [0.5, 0.6) is 5.75 Å². The number of rotatable bonds is 4. The van der Waals surface area contributed by atoms with E-state index in [-0.39, 0.29) is 0 Å². The Balaban J connectivity index is 2.15. The average molecular weight is 317 g/mol. The summed E-state index contributed by atoms with van der Waals surface area (Å²) in [4.78, 5) is 0. The predicted octanol–water partition coefficient (Wildman–Crippen LogP) is 5.19. The maximum absolute atomic E-state index is 5.22. The Kier molecular flexibility index (Phi) is 4.80. The van der Waals surface area contributed by atoms with Gasteiger partial charge in [-0.3, -0.25) is 0 Å². The van der Waals surface area contributed by atoms with E-state index in [1.54, 1.807) is 7.11 Å². The Morgan fingerprint density at radius 3 is 2.21 bits per heavy atom. The zero-order valence-corrected chi connectivity index (χ0v) is 12.8. The molecule has 2 heteroatoms. The second-order valence-electron chi connectivity index (χ2n) is 4.32. The minimum Gasteiger partial charge on any atom is -0.496 e. The molecular formula is C17H17BrO. The first-order chi connectivity index (χ1) is 9.22. The lowest BCUT2D eigenvalue weighted by molar-refractivity contribution is 0.412. The second-order valence-corrected chi connectivity index (χ2v) is 5.18. The molecule has 0 saturated heterocycles. The van der Waals surface area contributed by atoms with Crippen LogP contribution in [0.1, 0.15) is 23.6 Å². The van der Waals surface area contributed by atoms with Gasteiger partial charge in [-0.25, -0.2) is 0 Å². The van der Waals surface area contributed by atoms with E-state index in [2.05, 4.69) is 65.3 Å². The van der Waals surface area contributed by atoms with Crippen LogP contribution in [0.15, 0.2) is 46.9 Å². The third-order valence-electron chi connectivity index (χ3n) is 3.03. The molecule has 0 aliphatic rings. The van der Waals surface area contributed by atoms with Crippen LogP contribution in [-0.2, 0) is 6.42 Å². The molecule has 0 atom stereocenters. The third kappa shape index (κ3) is 3.71. The van der Waals surface area contributed by atoms with Gasteiger partial charge in [0.15, 0.2) is 0 Å². The molecule has 0 aliphatic carbocycles. The lowest BCUT2D eigenvalue weighted by Gasteiger charge is -2.03. The fourth-order valence-electron chi connectivity index (χ4n) is 1.84. The number of methoxy groups -OCH3 is 1. The van der Waals surface area contributed by atoms with Crippen molar-refractivity contribution in [2.45, 2.75) is 13.3 Å². The van der Waals surface area contributed by atoms with Crippen LogP contribution in [0.3, 0.4) is 0 Å². The minimum absolute atomic E-state index is 0.851. The van der Waals surface area contributed by atoms with Crippen molar-refractivity contribution in [3.05, 3.63) is 63.6 Å². The Bertz CT molecular complexity index is 570. The Labute approximate surface area is 123 Å². The van der Waals surface area contributed by atoms with Crippen molar-refractivity contribution in [3.8, 4) is 5.75 Å². The Morgan fingerprint density at radius 1 is 1.00 bits per heavy atom. The quantitative estimate of drug-likeness (QED) is 0.705. The molecule has 0 bridgehead atoms.